The van der Waals surface area contributed by atoms with Crippen LogP contribution in [-0.2, 0) is 12.8 Å². The molecule has 0 aliphatic carbocycles. The maximum atomic E-state index is 9.97. The largest absolute Gasteiger partial charge is 0.388 e. The second-order valence-electron chi connectivity index (χ2n) is 4.06. The average molecular weight is 208 g/mol. The summed E-state index contributed by atoms with van der Waals surface area (Å²) in [6.45, 7) is 2.16. The SMILES string of the molecule is CCc1ccc(CC2(O)CSC2)cc1. The molecule has 0 amide bonds. The summed E-state index contributed by atoms with van der Waals surface area (Å²) in [5.74, 6) is 1.78. The highest BCUT2D eigenvalue weighted by atomic mass is 32.2. The van der Waals surface area contributed by atoms with Crippen molar-refractivity contribution in [1.82, 2.24) is 0 Å². The van der Waals surface area contributed by atoms with Crippen LogP contribution in [0.5, 0.6) is 0 Å². The molecule has 1 aromatic carbocycles. The molecule has 2 rings (SSSR count). The van der Waals surface area contributed by atoms with Crippen LogP contribution in [0.2, 0.25) is 0 Å². The molecule has 1 saturated heterocycles. The zero-order valence-corrected chi connectivity index (χ0v) is 9.31. The summed E-state index contributed by atoms with van der Waals surface area (Å²) in [5.41, 5.74) is 2.20. The van der Waals surface area contributed by atoms with Crippen LogP contribution in [0.1, 0.15) is 18.1 Å². The van der Waals surface area contributed by atoms with E-state index in [-0.39, 0.29) is 0 Å². The van der Waals surface area contributed by atoms with E-state index in [9.17, 15) is 5.11 Å². The summed E-state index contributed by atoms with van der Waals surface area (Å²) >= 11 is 1.82. The Labute approximate surface area is 89.5 Å². The predicted octanol–water partition coefficient (Wildman–Crippen LogP) is 2.27. The Morgan fingerprint density at radius 1 is 1.21 bits per heavy atom. The molecule has 1 heterocycles. The average Bonchev–Trinajstić information content (AvgIpc) is 2.17. The maximum Gasteiger partial charge on any atom is 0.0867 e. The molecule has 1 aliphatic rings. The van der Waals surface area contributed by atoms with Gasteiger partial charge in [0.2, 0.25) is 0 Å². The Bertz CT molecular complexity index is 301. The van der Waals surface area contributed by atoms with Crippen molar-refractivity contribution < 1.29 is 5.11 Å². The summed E-state index contributed by atoms with van der Waals surface area (Å²) in [6.07, 6.45) is 1.89. The summed E-state index contributed by atoms with van der Waals surface area (Å²) < 4.78 is 0. The molecule has 0 bridgehead atoms. The molecule has 0 unspecified atom stereocenters. The molecule has 2 heteroatoms. The van der Waals surface area contributed by atoms with E-state index in [1.54, 1.807) is 0 Å². The third-order valence-corrected chi connectivity index (χ3v) is 4.19. The Hall–Kier alpha value is -0.470. The van der Waals surface area contributed by atoms with E-state index in [1.807, 2.05) is 11.8 Å². The molecule has 1 fully saturated rings. The van der Waals surface area contributed by atoms with Crippen LogP contribution in [0.3, 0.4) is 0 Å². The Kier molecular flexibility index (Phi) is 2.84. The lowest BCUT2D eigenvalue weighted by molar-refractivity contribution is 0.0793. The first-order valence-electron chi connectivity index (χ1n) is 5.10. The third kappa shape index (κ3) is 2.12. The summed E-state index contributed by atoms with van der Waals surface area (Å²) in [5, 5.41) is 9.97. The first-order chi connectivity index (χ1) is 6.72. The van der Waals surface area contributed by atoms with Crippen molar-refractivity contribution >= 4 is 11.8 Å². The molecule has 14 heavy (non-hydrogen) atoms. The second kappa shape index (κ2) is 3.95. The van der Waals surface area contributed by atoms with Gasteiger partial charge in [0, 0.05) is 17.9 Å². The lowest BCUT2D eigenvalue weighted by Gasteiger charge is -2.36. The van der Waals surface area contributed by atoms with Crippen molar-refractivity contribution in [2.75, 3.05) is 11.5 Å². The van der Waals surface area contributed by atoms with Crippen molar-refractivity contribution in [1.29, 1.82) is 0 Å². The summed E-state index contributed by atoms with van der Waals surface area (Å²) in [7, 11) is 0. The van der Waals surface area contributed by atoms with Crippen molar-refractivity contribution in [2.45, 2.75) is 25.4 Å². The van der Waals surface area contributed by atoms with Crippen molar-refractivity contribution in [3.8, 4) is 0 Å². The van der Waals surface area contributed by atoms with Crippen LogP contribution in [0.25, 0.3) is 0 Å². The minimum Gasteiger partial charge on any atom is -0.388 e. The second-order valence-corrected chi connectivity index (χ2v) is 5.05. The van der Waals surface area contributed by atoms with Crippen LogP contribution in [-0.4, -0.2) is 22.2 Å². The highest BCUT2D eigenvalue weighted by Crippen LogP contribution is 2.32. The zero-order valence-electron chi connectivity index (χ0n) is 8.49. The first-order valence-corrected chi connectivity index (χ1v) is 6.25. The summed E-state index contributed by atoms with van der Waals surface area (Å²) in [4.78, 5) is 0. The molecule has 76 valence electrons. The normalized spacial score (nSPS) is 19.0. The predicted molar refractivity (Wildman–Crippen MR) is 61.8 cm³/mol. The van der Waals surface area contributed by atoms with E-state index in [0.717, 1.165) is 24.3 Å². The van der Waals surface area contributed by atoms with Gasteiger partial charge < -0.3 is 5.11 Å². The number of aryl methyl sites for hydroxylation is 1. The molecule has 0 aromatic heterocycles. The molecular formula is C12H16OS. The van der Waals surface area contributed by atoms with Gasteiger partial charge in [-0.1, -0.05) is 31.2 Å². The number of thioether (sulfide) groups is 1. The fourth-order valence-corrected chi connectivity index (χ4v) is 2.59. The van der Waals surface area contributed by atoms with E-state index in [2.05, 4.69) is 31.2 Å². The lowest BCUT2D eigenvalue weighted by Crippen LogP contribution is -2.45. The molecule has 1 aliphatic heterocycles. The van der Waals surface area contributed by atoms with E-state index < -0.39 is 5.60 Å². The quantitative estimate of drug-likeness (QED) is 0.822. The molecule has 1 aromatic rings. The number of benzene rings is 1. The number of aliphatic hydroxyl groups is 1. The van der Waals surface area contributed by atoms with Gasteiger partial charge in [0.15, 0.2) is 0 Å². The molecule has 1 nitrogen and oxygen atoms in total. The zero-order chi connectivity index (χ0) is 10.0. The maximum absolute atomic E-state index is 9.97. The minimum atomic E-state index is -0.418. The fraction of sp³-hybridized carbons (Fsp3) is 0.500. The lowest BCUT2D eigenvalue weighted by atomic mass is 9.96. The molecule has 1 N–H and O–H groups in total. The Morgan fingerprint density at radius 2 is 1.79 bits per heavy atom. The van der Waals surface area contributed by atoms with E-state index in [1.165, 1.54) is 11.1 Å². The van der Waals surface area contributed by atoms with Gasteiger partial charge in [-0.3, -0.25) is 0 Å². The smallest absolute Gasteiger partial charge is 0.0867 e. The van der Waals surface area contributed by atoms with Crippen LogP contribution >= 0.6 is 11.8 Å². The number of rotatable bonds is 3. The van der Waals surface area contributed by atoms with Crippen LogP contribution in [0.4, 0.5) is 0 Å². The van der Waals surface area contributed by atoms with Crippen molar-refractivity contribution in [2.24, 2.45) is 0 Å². The fourth-order valence-electron chi connectivity index (χ4n) is 1.71. The van der Waals surface area contributed by atoms with Crippen LogP contribution in [0, 0.1) is 0 Å². The standard InChI is InChI=1S/C12H16OS/c1-2-10-3-5-11(6-4-10)7-12(13)8-14-9-12/h3-6,13H,2,7-9H2,1H3. The molecule has 0 radical (unpaired) electrons. The van der Waals surface area contributed by atoms with E-state index in [4.69, 9.17) is 0 Å². The van der Waals surface area contributed by atoms with Gasteiger partial charge in [-0.05, 0) is 17.5 Å². The van der Waals surface area contributed by atoms with Gasteiger partial charge in [0.25, 0.3) is 0 Å². The molecular weight excluding hydrogens is 192 g/mol. The highest BCUT2D eigenvalue weighted by Gasteiger charge is 2.35. The molecule has 0 saturated carbocycles. The van der Waals surface area contributed by atoms with Gasteiger partial charge in [-0.25, -0.2) is 0 Å². The highest BCUT2D eigenvalue weighted by molar-refractivity contribution is 8.00. The van der Waals surface area contributed by atoms with E-state index >= 15 is 0 Å². The molecule has 0 atom stereocenters. The Morgan fingerprint density at radius 3 is 2.21 bits per heavy atom. The van der Waals surface area contributed by atoms with Crippen molar-refractivity contribution in [3.63, 3.8) is 0 Å². The van der Waals surface area contributed by atoms with Gasteiger partial charge in [0.05, 0.1) is 5.60 Å². The topological polar surface area (TPSA) is 20.2 Å². The molecule has 0 spiro atoms. The first kappa shape index (κ1) is 10.1. The minimum absolute atomic E-state index is 0.418. The van der Waals surface area contributed by atoms with Crippen LogP contribution < -0.4 is 0 Å². The van der Waals surface area contributed by atoms with Gasteiger partial charge >= 0.3 is 0 Å². The van der Waals surface area contributed by atoms with Gasteiger partial charge in [-0.15, -0.1) is 0 Å². The van der Waals surface area contributed by atoms with E-state index in [0.29, 0.717) is 0 Å². The monoisotopic (exact) mass is 208 g/mol. The van der Waals surface area contributed by atoms with Gasteiger partial charge in [0.1, 0.15) is 0 Å². The number of hydrogen-bond donors (Lipinski definition) is 1. The van der Waals surface area contributed by atoms with Crippen LogP contribution in [0.15, 0.2) is 24.3 Å². The number of hydrogen-bond acceptors (Lipinski definition) is 2. The third-order valence-electron chi connectivity index (χ3n) is 2.71. The summed E-state index contributed by atoms with van der Waals surface area (Å²) in [6, 6.07) is 8.59. The van der Waals surface area contributed by atoms with Crippen molar-refractivity contribution in [3.05, 3.63) is 35.4 Å². The Balaban J connectivity index is 2.02. The van der Waals surface area contributed by atoms with Gasteiger partial charge in [-0.2, -0.15) is 11.8 Å².